The standard InChI is InChI=1S/C12H13N3O2/c1-3-13-11(16)9-6-14-10-5-4-8(2)7-15(10)12(9)17/h4-7H,3H2,1-2H3,(H,13,16). The number of carbonyl (C=O) groups is 1. The van der Waals surface area contributed by atoms with Gasteiger partial charge in [-0.25, -0.2) is 4.98 Å². The van der Waals surface area contributed by atoms with Crippen LogP contribution in [0.2, 0.25) is 0 Å². The highest BCUT2D eigenvalue weighted by Crippen LogP contribution is 2.01. The quantitative estimate of drug-likeness (QED) is 0.829. The van der Waals surface area contributed by atoms with Gasteiger partial charge in [-0.2, -0.15) is 0 Å². The zero-order chi connectivity index (χ0) is 12.4. The first-order chi connectivity index (χ1) is 8.13. The Bertz CT molecular complexity index is 631. The summed E-state index contributed by atoms with van der Waals surface area (Å²) in [6, 6.07) is 3.62. The zero-order valence-electron chi connectivity index (χ0n) is 9.73. The minimum atomic E-state index is -0.388. The van der Waals surface area contributed by atoms with Gasteiger partial charge in [-0.05, 0) is 25.5 Å². The summed E-state index contributed by atoms with van der Waals surface area (Å²) in [5.41, 5.74) is 1.20. The molecule has 0 saturated heterocycles. The fourth-order valence-electron chi connectivity index (χ4n) is 1.59. The number of fused-ring (bicyclic) bond motifs is 1. The van der Waals surface area contributed by atoms with Crippen LogP contribution in [0.3, 0.4) is 0 Å². The second-order valence-corrected chi connectivity index (χ2v) is 3.77. The fourth-order valence-corrected chi connectivity index (χ4v) is 1.59. The second-order valence-electron chi connectivity index (χ2n) is 3.77. The van der Waals surface area contributed by atoms with Gasteiger partial charge in [-0.15, -0.1) is 0 Å². The highest BCUT2D eigenvalue weighted by molar-refractivity contribution is 5.93. The first-order valence-electron chi connectivity index (χ1n) is 5.39. The van der Waals surface area contributed by atoms with Gasteiger partial charge in [0, 0.05) is 18.9 Å². The van der Waals surface area contributed by atoms with Gasteiger partial charge in [-0.1, -0.05) is 6.07 Å². The van der Waals surface area contributed by atoms with Crippen LogP contribution in [0.1, 0.15) is 22.8 Å². The number of aryl methyl sites for hydroxylation is 1. The predicted molar refractivity (Wildman–Crippen MR) is 64.2 cm³/mol. The Kier molecular flexibility index (Phi) is 2.91. The van der Waals surface area contributed by atoms with Crippen LogP contribution < -0.4 is 10.9 Å². The normalized spacial score (nSPS) is 10.5. The number of aromatic nitrogens is 2. The van der Waals surface area contributed by atoms with E-state index in [4.69, 9.17) is 0 Å². The van der Waals surface area contributed by atoms with Crippen molar-refractivity contribution in [1.82, 2.24) is 14.7 Å². The van der Waals surface area contributed by atoms with E-state index >= 15 is 0 Å². The van der Waals surface area contributed by atoms with Gasteiger partial charge in [0.1, 0.15) is 11.2 Å². The molecule has 2 heterocycles. The minimum Gasteiger partial charge on any atom is -0.352 e. The largest absolute Gasteiger partial charge is 0.352 e. The van der Waals surface area contributed by atoms with Crippen molar-refractivity contribution >= 4 is 11.6 Å². The molecule has 0 fully saturated rings. The monoisotopic (exact) mass is 231 g/mol. The van der Waals surface area contributed by atoms with Gasteiger partial charge in [0.25, 0.3) is 11.5 Å². The molecule has 2 aromatic heterocycles. The maximum Gasteiger partial charge on any atom is 0.270 e. The maximum absolute atomic E-state index is 12.1. The molecule has 0 unspecified atom stereocenters. The topological polar surface area (TPSA) is 63.5 Å². The average Bonchev–Trinajstić information content (AvgIpc) is 2.30. The van der Waals surface area contributed by atoms with Gasteiger partial charge in [0.2, 0.25) is 0 Å². The minimum absolute atomic E-state index is 0.0648. The lowest BCUT2D eigenvalue weighted by atomic mass is 10.2. The molecule has 0 atom stereocenters. The Hall–Kier alpha value is -2.17. The summed E-state index contributed by atoms with van der Waals surface area (Å²) in [5, 5.41) is 2.59. The molecule has 2 aromatic rings. The van der Waals surface area contributed by atoms with Crippen LogP contribution in [0.15, 0.2) is 29.3 Å². The summed E-state index contributed by atoms with van der Waals surface area (Å²) in [6.45, 7) is 4.16. The highest BCUT2D eigenvalue weighted by atomic mass is 16.2. The predicted octanol–water partition coefficient (Wildman–Crippen LogP) is 0.753. The molecule has 5 nitrogen and oxygen atoms in total. The van der Waals surface area contributed by atoms with Crippen molar-refractivity contribution in [2.45, 2.75) is 13.8 Å². The number of rotatable bonds is 2. The van der Waals surface area contributed by atoms with E-state index in [1.54, 1.807) is 19.2 Å². The summed E-state index contributed by atoms with van der Waals surface area (Å²) in [7, 11) is 0. The molecule has 0 aliphatic rings. The molecular formula is C12H13N3O2. The summed E-state index contributed by atoms with van der Waals surface area (Å²) in [5.74, 6) is -0.388. The van der Waals surface area contributed by atoms with Gasteiger partial charge in [-0.3, -0.25) is 14.0 Å². The van der Waals surface area contributed by atoms with Gasteiger partial charge < -0.3 is 5.32 Å². The SMILES string of the molecule is CCNC(=O)c1cnc2ccc(C)cn2c1=O. The van der Waals surface area contributed by atoms with Crippen molar-refractivity contribution in [3.63, 3.8) is 0 Å². The van der Waals surface area contributed by atoms with Gasteiger partial charge >= 0.3 is 0 Å². The van der Waals surface area contributed by atoms with Crippen LogP contribution in [0.25, 0.3) is 5.65 Å². The van der Waals surface area contributed by atoms with Crippen LogP contribution in [0.5, 0.6) is 0 Å². The summed E-state index contributed by atoms with van der Waals surface area (Å²) in [4.78, 5) is 27.8. The Balaban J connectivity index is 2.65. The Morgan fingerprint density at radius 1 is 1.47 bits per heavy atom. The molecule has 1 N–H and O–H groups in total. The number of nitrogens with zero attached hydrogens (tertiary/aromatic N) is 2. The lowest BCUT2D eigenvalue weighted by Gasteiger charge is -2.04. The van der Waals surface area contributed by atoms with Crippen LogP contribution in [-0.2, 0) is 0 Å². The van der Waals surface area contributed by atoms with E-state index in [9.17, 15) is 9.59 Å². The lowest BCUT2D eigenvalue weighted by molar-refractivity contribution is 0.0954. The number of nitrogens with one attached hydrogen (secondary N) is 1. The molecule has 0 spiro atoms. The van der Waals surface area contributed by atoms with Gasteiger partial charge in [0.15, 0.2) is 0 Å². The van der Waals surface area contributed by atoms with E-state index in [0.29, 0.717) is 12.2 Å². The fraction of sp³-hybridized carbons (Fsp3) is 0.250. The van der Waals surface area contributed by atoms with Crippen molar-refractivity contribution in [1.29, 1.82) is 0 Å². The molecule has 2 rings (SSSR count). The Morgan fingerprint density at radius 2 is 2.24 bits per heavy atom. The molecule has 17 heavy (non-hydrogen) atoms. The molecule has 88 valence electrons. The third-order valence-electron chi connectivity index (χ3n) is 2.43. The van der Waals surface area contributed by atoms with Crippen LogP contribution >= 0.6 is 0 Å². The van der Waals surface area contributed by atoms with Crippen LogP contribution in [-0.4, -0.2) is 21.8 Å². The van der Waals surface area contributed by atoms with Crippen molar-refractivity contribution in [3.8, 4) is 0 Å². The van der Waals surface area contributed by atoms with Crippen molar-refractivity contribution in [3.05, 3.63) is 46.0 Å². The van der Waals surface area contributed by atoms with Crippen LogP contribution in [0.4, 0.5) is 0 Å². The number of pyridine rings is 1. The molecule has 0 radical (unpaired) electrons. The maximum atomic E-state index is 12.1. The lowest BCUT2D eigenvalue weighted by Crippen LogP contribution is -2.31. The number of hydrogen-bond donors (Lipinski definition) is 1. The van der Waals surface area contributed by atoms with E-state index in [0.717, 1.165) is 5.56 Å². The van der Waals surface area contributed by atoms with Gasteiger partial charge in [0.05, 0.1) is 0 Å². The smallest absolute Gasteiger partial charge is 0.270 e. The number of amides is 1. The highest BCUT2D eigenvalue weighted by Gasteiger charge is 2.11. The van der Waals surface area contributed by atoms with E-state index in [2.05, 4.69) is 10.3 Å². The first-order valence-corrected chi connectivity index (χ1v) is 5.39. The molecular weight excluding hydrogens is 218 g/mol. The first kappa shape index (κ1) is 11.3. The summed E-state index contributed by atoms with van der Waals surface area (Å²) >= 11 is 0. The molecule has 0 aromatic carbocycles. The third-order valence-corrected chi connectivity index (χ3v) is 2.43. The average molecular weight is 231 g/mol. The third kappa shape index (κ3) is 2.04. The molecule has 0 saturated carbocycles. The molecule has 5 heteroatoms. The zero-order valence-corrected chi connectivity index (χ0v) is 9.73. The van der Waals surface area contributed by atoms with E-state index in [1.165, 1.54) is 10.6 Å². The van der Waals surface area contributed by atoms with Crippen molar-refractivity contribution in [2.24, 2.45) is 0 Å². The number of hydrogen-bond acceptors (Lipinski definition) is 3. The van der Waals surface area contributed by atoms with E-state index in [1.807, 2.05) is 13.0 Å². The van der Waals surface area contributed by atoms with E-state index < -0.39 is 0 Å². The molecule has 0 aliphatic carbocycles. The van der Waals surface area contributed by atoms with Crippen molar-refractivity contribution < 1.29 is 4.79 Å². The van der Waals surface area contributed by atoms with Crippen molar-refractivity contribution in [2.75, 3.05) is 6.54 Å². The molecule has 0 bridgehead atoms. The van der Waals surface area contributed by atoms with E-state index in [-0.39, 0.29) is 17.0 Å². The number of carbonyl (C=O) groups excluding carboxylic acids is 1. The summed E-state index contributed by atoms with van der Waals surface area (Å²) < 4.78 is 1.39. The molecule has 0 aliphatic heterocycles. The Morgan fingerprint density at radius 3 is 2.94 bits per heavy atom. The summed E-state index contributed by atoms with van der Waals surface area (Å²) in [6.07, 6.45) is 2.99. The Labute approximate surface area is 98.1 Å². The van der Waals surface area contributed by atoms with Crippen LogP contribution in [0, 0.1) is 6.92 Å². The second kappa shape index (κ2) is 4.37. The molecule has 1 amide bonds.